The van der Waals surface area contributed by atoms with Crippen LogP contribution in [0, 0.1) is 17.8 Å². The van der Waals surface area contributed by atoms with E-state index in [2.05, 4.69) is 5.32 Å². The number of rotatable bonds is 5. The summed E-state index contributed by atoms with van der Waals surface area (Å²) in [4.78, 5) is 14.3. The quantitative estimate of drug-likeness (QED) is 0.846. The van der Waals surface area contributed by atoms with Gasteiger partial charge in [-0.05, 0) is 24.7 Å². The lowest BCUT2D eigenvalue weighted by molar-refractivity contribution is -0.180. The molecule has 2 unspecified atom stereocenters. The van der Waals surface area contributed by atoms with Crippen molar-refractivity contribution < 1.29 is 18.0 Å². The van der Waals surface area contributed by atoms with Crippen molar-refractivity contribution in [3.8, 4) is 0 Å². The molecule has 124 valence electrons. The molecule has 1 rings (SSSR count). The van der Waals surface area contributed by atoms with Crippen molar-refractivity contribution in [3.63, 3.8) is 0 Å². The molecule has 6 heteroatoms. The number of hydrogen-bond acceptors (Lipinski definition) is 2. The van der Waals surface area contributed by atoms with E-state index in [4.69, 9.17) is 0 Å². The van der Waals surface area contributed by atoms with Gasteiger partial charge in [-0.25, -0.2) is 0 Å². The van der Waals surface area contributed by atoms with E-state index in [-0.39, 0.29) is 25.3 Å². The molecule has 1 aliphatic heterocycles. The van der Waals surface area contributed by atoms with Gasteiger partial charge in [0.15, 0.2) is 0 Å². The summed E-state index contributed by atoms with van der Waals surface area (Å²) < 4.78 is 37.9. The molecule has 0 saturated carbocycles. The molecule has 1 saturated heterocycles. The van der Waals surface area contributed by atoms with Gasteiger partial charge >= 0.3 is 6.18 Å². The smallest absolute Gasteiger partial charge is 0.341 e. The van der Waals surface area contributed by atoms with Crippen molar-refractivity contribution in [2.45, 2.75) is 52.8 Å². The van der Waals surface area contributed by atoms with Gasteiger partial charge in [0.1, 0.15) is 0 Å². The van der Waals surface area contributed by atoms with E-state index in [1.54, 1.807) is 4.90 Å². The standard InChI is InChI=1S/C15H27F3N2O/c1-10(2)8-20(9-11(3)4)14(21)13-6-5-12(7-19-13)15(16,17)18/h10-13,19H,5-9H2,1-4H3. The maximum atomic E-state index is 12.6. The highest BCUT2D eigenvalue weighted by Crippen LogP contribution is 2.32. The van der Waals surface area contributed by atoms with Crippen LogP contribution in [0.15, 0.2) is 0 Å². The molecular formula is C15H27F3N2O. The van der Waals surface area contributed by atoms with E-state index in [1.165, 1.54) is 0 Å². The second-order valence-electron chi connectivity index (χ2n) is 6.81. The Morgan fingerprint density at radius 2 is 1.67 bits per heavy atom. The fourth-order valence-electron chi connectivity index (χ4n) is 2.70. The van der Waals surface area contributed by atoms with Gasteiger partial charge in [0.05, 0.1) is 12.0 Å². The Morgan fingerprint density at radius 3 is 2.00 bits per heavy atom. The molecule has 21 heavy (non-hydrogen) atoms. The largest absolute Gasteiger partial charge is 0.393 e. The molecule has 1 fully saturated rings. The Kier molecular flexibility index (Phi) is 6.50. The molecular weight excluding hydrogens is 281 g/mol. The first-order valence-corrected chi connectivity index (χ1v) is 7.70. The van der Waals surface area contributed by atoms with Gasteiger partial charge in [-0.2, -0.15) is 13.2 Å². The highest BCUT2D eigenvalue weighted by molar-refractivity contribution is 5.82. The van der Waals surface area contributed by atoms with E-state index in [0.717, 1.165) is 0 Å². The number of nitrogens with one attached hydrogen (secondary N) is 1. The molecule has 1 N–H and O–H groups in total. The Balaban J connectivity index is 2.60. The summed E-state index contributed by atoms with van der Waals surface area (Å²) in [5.41, 5.74) is 0. The van der Waals surface area contributed by atoms with Gasteiger partial charge in [0.25, 0.3) is 0 Å². The Hall–Kier alpha value is -0.780. The van der Waals surface area contributed by atoms with Gasteiger partial charge in [-0.15, -0.1) is 0 Å². The summed E-state index contributed by atoms with van der Waals surface area (Å²) in [6, 6.07) is -0.471. The predicted octanol–water partition coefficient (Wildman–Crippen LogP) is 3.06. The number of carbonyl (C=O) groups excluding carboxylic acids is 1. The molecule has 0 spiro atoms. The number of alkyl halides is 3. The first-order valence-electron chi connectivity index (χ1n) is 7.70. The third-order valence-electron chi connectivity index (χ3n) is 3.66. The summed E-state index contributed by atoms with van der Waals surface area (Å²) in [7, 11) is 0. The van der Waals surface area contributed by atoms with E-state index in [9.17, 15) is 18.0 Å². The Bertz CT molecular complexity index is 324. The first-order chi connectivity index (χ1) is 9.61. The van der Waals surface area contributed by atoms with Gasteiger partial charge < -0.3 is 10.2 Å². The van der Waals surface area contributed by atoms with Gasteiger partial charge in [-0.1, -0.05) is 27.7 Å². The summed E-state index contributed by atoms with van der Waals surface area (Å²) >= 11 is 0. The van der Waals surface area contributed by atoms with Crippen LogP contribution in [0.4, 0.5) is 13.2 Å². The Morgan fingerprint density at radius 1 is 1.14 bits per heavy atom. The lowest BCUT2D eigenvalue weighted by Crippen LogP contribution is -2.53. The van der Waals surface area contributed by atoms with Crippen molar-refractivity contribution in [1.29, 1.82) is 0 Å². The highest BCUT2D eigenvalue weighted by Gasteiger charge is 2.43. The average Bonchev–Trinajstić information content (AvgIpc) is 2.35. The SMILES string of the molecule is CC(C)CN(CC(C)C)C(=O)C1CCC(C(F)(F)F)CN1. The average molecular weight is 308 g/mol. The van der Waals surface area contributed by atoms with Crippen LogP contribution in [0.5, 0.6) is 0 Å². The Labute approximate surface area is 125 Å². The van der Waals surface area contributed by atoms with Crippen LogP contribution in [-0.2, 0) is 4.79 Å². The molecule has 0 aromatic heterocycles. The van der Waals surface area contributed by atoms with E-state index < -0.39 is 18.1 Å². The fourth-order valence-corrected chi connectivity index (χ4v) is 2.70. The lowest BCUT2D eigenvalue weighted by atomic mass is 9.93. The summed E-state index contributed by atoms with van der Waals surface area (Å²) in [5.74, 6) is -0.693. The third-order valence-corrected chi connectivity index (χ3v) is 3.66. The lowest BCUT2D eigenvalue weighted by Gasteiger charge is -2.35. The minimum atomic E-state index is -4.17. The van der Waals surface area contributed by atoms with E-state index in [1.807, 2.05) is 27.7 Å². The fraction of sp³-hybridized carbons (Fsp3) is 0.933. The molecule has 0 aromatic carbocycles. The number of amides is 1. The predicted molar refractivity (Wildman–Crippen MR) is 76.8 cm³/mol. The molecule has 1 heterocycles. The van der Waals surface area contributed by atoms with Crippen molar-refractivity contribution in [2.24, 2.45) is 17.8 Å². The normalized spacial score (nSPS) is 23.7. The molecule has 0 bridgehead atoms. The van der Waals surface area contributed by atoms with E-state index in [0.29, 0.717) is 24.9 Å². The number of halogens is 3. The molecule has 2 atom stereocenters. The van der Waals surface area contributed by atoms with Crippen LogP contribution in [0.3, 0.4) is 0 Å². The number of carbonyl (C=O) groups is 1. The van der Waals surface area contributed by atoms with Gasteiger partial charge in [0.2, 0.25) is 5.91 Å². The van der Waals surface area contributed by atoms with Crippen molar-refractivity contribution in [3.05, 3.63) is 0 Å². The molecule has 1 amide bonds. The van der Waals surface area contributed by atoms with Gasteiger partial charge in [0, 0.05) is 19.6 Å². The van der Waals surface area contributed by atoms with Crippen molar-refractivity contribution in [2.75, 3.05) is 19.6 Å². The van der Waals surface area contributed by atoms with Crippen LogP contribution in [0.25, 0.3) is 0 Å². The van der Waals surface area contributed by atoms with Crippen LogP contribution in [-0.4, -0.2) is 42.7 Å². The van der Waals surface area contributed by atoms with Crippen LogP contribution in [0.2, 0.25) is 0 Å². The number of piperidine rings is 1. The zero-order valence-electron chi connectivity index (χ0n) is 13.3. The minimum absolute atomic E-state index is 0.0318. The summed E-state index contributed by atoms with van der Waals surface area (Å²) in [6.07, 6.45) is -3.88. The molecule has 0 aromatic rings. The van der Waals surface area contributed by atoms with Crippen LogP contribution in [0.1, 0.15) is 40.5 Å². The second-order valence-corrected chi connectivity index (χ2v) is 6.81. The molecule has 0 radical (unpaired) electrons. The van der Waals surface area contributed by atoms with Crippen molar-refractivity contribution >= 4 is 5.91 Å². The number of hydrogen-bond donors (Lipinski definition) is 1. The van der Waals surface area contributed by atoms with Crippen LogP contribution < -0.4 is 5.32 Å². The van der Waals surface area contributed by atoms with Gasteiger partial charge in [-0.3, -0.25) is 4.79 Å². The highest BCUT2D eigenvalue weighted by atomic mass is 19.4. The molecule has 3 nitrogen and oxygen atoms in total. The maximum Gasteiger partial charge on any atom is 0.393 e. The topological polar surface area (TPSA) is 32.3 Å². The number of nitrogens with zero attached hydrogens (tertiary/aromatic N) is 1. The summed E-state index contributed by atoms with van der Waals surface area (Å²) in [5, 5.41) is 2.79. The maximum absolute atomic E-state index is 12.6. The van der Waals surface area contributed by atoms with Crippen molar-refractivity contribution in [1.82, 2.24) is 10.2 Å². The zero-order valence-corrected chi connectivity index (χ0v) is 13.3. The zero-order chi connectivity index (χ0) is 16.2. The minimum Gasteiger partial charge on any atom is -0.341 e. The molecule has 0 aliphatic carbocycles. The second kappa shape index (κ2) is 7.47. The summed E-state index contributed by atoms with van der Waals surface area (Å²) in [6.45, 7) is 9.29. The third kappa shape index (κ3) is 5.85. The first kappa shape index (κ1) is 18.3. The monoisotopic (exact) mass is 308 g/mol. The van der Waals surface area contributed by atoms with E-state index >= 15 is 0 Å². The molecule has 1 aliphatic rings. The van der Waals surface area contributed by atoms with Crippen LogP contribution >= 0.6 is 0 Å².